The number of nitrogens with one attached hydrogen (secondary N) is 3. The topological polar surface area (TPSA) is 70.2 Å². The first-order valence-electron chi connectivity index (χ1n) is 8.55. The second-order valence-electron chi connectivity index (χ2n) is 5.90. The summed E-state index contributed by atoms with van der Waals surface area (Å²) >= 11 is 0. The lowest BCUT2D eigenvalue weighted by molar-refractivity contribution is -0.116. The molecule has 0 saturated heterocycles. The van der Waals surface area contributed by atoms with Crippen LogP contribution in [0.4, 0.5) is 11.4 Å². The Bertz CT molecular complexity index is 686. The van der Waals surface area contributed by atoms with Gasteiger partial charge in [0.1, 0.15) is 0 Å². The van der Waals surface area contributed by atoms with Crippen LogP contribution in [0.5, 0.6) is 0 Å². The largest absolute Gasteiger partial charge is 0.326 e. The monoisotopic (exact) mass is 339 g/mol. The molecule has 0 unspecified atom stereocenters. The molecule has 0 aliphatic carbocycles. The van der Waals surface area contributed by atoms with E-state index in [1.54, 1.807) is 24.3 Å². The maximum atomic E-state index is 12.0. The van der Waals surface area contributed by atoms with Crippen LogP contribution in [0.25, 0.3) is 0 Å². The third-order valence-electron chi connectivity index (χ3n) is 3.66. The third kappa shape index (κ3) is 7.63. The van der Waals surface area contributed by atoms with E-state index in [1.807, 2.05) is 18.2 Å². The molecule has 2 aromatic carbocycles. The number of anilines is 2. The van der Waals surface area contributed by atoms with Crippen LogP contribution < -0.4 is 16.0 Å². The summed E-state index contributed by atoms with van der Waals surface area (Å²) in [4.78, 5) is 23.0. The minimum absolute atomic E-state index is 0.0458. The van der Waals surface area contributed by atoms with Crippen LogP contribution in [-0.4, -0.2) is 24.9 Å². The number of hydrogen-bond acceptors (Lipinski definition) is 3. The first-order chi connectivity index (χ1) is 12.1. The lowest BCUT2D eigenvalue weighted by Crippen LogP contribution is -2.23. The van der Waals surface area contributed by atoms with E-state index in [0.717, 1.165) is 19.4 Å². The fourth-order valence-corrected chi connectivity index (χ4v) is 2.49. The van der Waals surface area contributed by atoms with Gasteiger partial charge in [-0.15, -0.1) is 0 Å². The average Bonchev–Trinajstić information content (AvgIpc) is 2.58. The highest BCUT2D eigenvalue weighted by Gasteiger charge is 2.03. The summed E-state index contributed by atoms with van der Waals surface area (Å²) in [5, 5.41) is 8.83. The summed E-state index contributed by atoms with van der Waals surface area (Å²) in [6, 6.07) is 17.5. The minimum Gasteiger partial charge on any atom is -0.326 e. The lowest BCUT2D eigenvalue weighted by atomic mass is 10.1. The number of benzene rings is 2. The Labute approximate surface area is 148 Å². The molecule has 3 N–H and O–H groups in total. The molecule has 2 aromatic rings. The highest BCUT2D eigenvalue weighted by molar-refractivity contribution is 5.93. The van der Waals surface area contributed by atoms with Gasteiger partial charge in [-0.05, 0) is 43.1 Å². The molecule has 0 saturated carbocycles. The highest BCUT2D eigenvalue weighted by atomic mass is 16.2. The van der Waals surface area contributed by atoms with Crippen molar-refractivity contribution in [2.75, 3.05) is 23.7 Å². The van der Waals surface area contributed by atoms with Crippen LogP contribution in [0, 0.1) is 0 Å². The van der Waals surface area contributed by atoms with Gasteiger partial charge in [-0.1, -0.05) is 36.4 Å². The molecule has 132 valence electrons. The molecule has 2 amide bonds. The first kappa shape index (κ1) is 18.7. The van der Waals surface area contributed by atoms with E-state index in [0.29, 0.717) is 24.3 Å². The Balaban J connectivity index is 1.61. The van der Waals surface area contributed by atoms with Crippen molar-refractivity contribution in [1.82, 2.24) is 5.32 Å². The summed E-state index contributed by atoms with van der Waals surface area (Å²) < 4.78 is 0. The van der Waals surface area contributed by atoms with Gasteiger partial charge in [-0.2, -0.15) is 0 Å². The van der Waals surface area contributed by atoms with E-state index < -0.39 is 0 Å². The molecule has 0 atom stereocenters. The van der Waals surface area contributed by atoms with Gasteiger partial charge in [0.2, 0.25) is 11.8 Å². The van der Waals surface area contributed by atoms with Crippen molar-refractivity contribution in [2.45, 2.75) is 26.2 Å². The van der Waals surface area contributed by atoms with E-state index in [4.69, 9.17) is 0 Å². The molecule has 2 rings (SSSR count). The molecule has 0 aromatic heterocycles. The quantitative estimate of drug-likeness (QED) is 0.615. The molecular weight excluding hydrogens is 314 g/mol. The van der Waals surface area contributed by atoms with Crippen LogP contribution in [-0.2, 0) is 16.0 Å². The Hall–Kier alpha value is -2.66. The van der Waals surface area contributed by atoms with Crippen molar-refractivity contribution in [2.24, 2.45) is 0 Å². The van der Waals surface area contributed by atoms with Crippen molar-refractivity contribution in [3.63, 3.8) is 0 Å². The van der Waals surface area contributed by atoms with Crippen molar-refractivity contribution in [3.8, 4) is 0 Å². The molecule has 25 heavy (non-hydrogen) atoms. The molecule has 0 aliphatic rings. The molecule has 0 bridgehead atoms. The van der Waals surface area contributed by atoms with E-state index in [1.165, 1.54) is 12.5 Å². The van der Waals surface area contributed by atoms with Crippen molar-refractivity contribution in [1.29, 1.82) is 0 Å². The normalized spacial score (nSPS) is 10.3. The predicted octanol–water partition coefficient (Wildman–Crippen LogP) is 3.20. The number of carbonyl (C=O) groups is 2. The van der Waals surface area contributed by atoms with E-state index >= 15 is 0 Å². The second-order valence-corrected chi connectivity index (χ2v) is 5.90. The van der Waals surface area contributed by atoms with Crippen LogP contribution in [0.15, 0.2) is 54.6 Å². The zero-order valence-electron chi connectivity index (χ0n) is 14.5. The minimum atomic E-state index is -0.136. The van der Waals surface area contributed by atoms with Crippen LogP contribution >= 0.6 is 0 Å². The predicted molar refractivity (Wildman–Crippen MR) is 102 cm³/mol. The second kappa shape index (κ2) is 10.3. The maximum absolute atomic E-state index is 12.0. The molecule has 0 heterocycles. The standard InChI is InChI=1S/C20H25N3O2/c1-16(24)22-18-10-5-11-19(15-18)23-20(25)12-14-21-13-6-9-17-7-3-2-4-8-17/h2-5,7-8,10-11,15,21H,6,9,12-14H2,1H3,(H,22,24)(H,23,25). The molecule has 5 nitrogen and oxygen atoms in total. The summed E-state index contributed by atoms with van der Waals surface area (Å²) in [7, 11) is 0. The third-order valence-corrected chi connectivity index (χ3v) is 3.66. The van der Waals surface area contributed by atoms with E-state index in [9.17, 15) is 9.59 Å². The summed E-state index contributed by atoms with van der Waals surface area (Å²) in [5.74, 6) is -0.182. The number of aryl methyl sites for hydroxylation is 1. The highest BCUT2D eigenvalue weighted by Crippen LogP contribution is 2.15. The molecule has 0 aliphatic heterocycles. The van der Waals surface area contributed by atoms with Gasteiger partial charge in [0.25, 0.3) is 0 Å². The van der Waals surface area contributed by atoms with Gasteiger partial charge in [0.05, 0.1) is 0 Å². The van der Waals surface area contributed by atoms with Crippen LogP contribution in [0.1, 0.15) is 25.3 Å². The lowest BCUT2D eigenvalue weighted by Gasteiger charge is -2.08. The van der Waals surface area contributed by atoms with Gasteiger partial charge >= 0.3 is 0 Å². The summed E-state index contributed by atoms with van der Waals surface area (Å²) in [6.45, 7) is 2.99. The average molecular weight is 339 g/mol. The zero-order valence-corrected chi connectivity index (χ0v) is 14.5. The van der Waals surface area contributed by atoms with Crippen molar-refractivity contribution in [3.05, 3.63) is 60.2 Å². The molecule has 0 spiro atoms. The Kier molecular flexibility index (Phi) is 7.66. The summed E-state index contributed by atoms with van der Waals surface area (Å²) in [5.41, 5.74) is 2.69. The van der Waals surface area contributed by atoms with Gasteiger partial charge in [0, 0.05) is 31.3 Å². The number of amides is 2. The van der Waals surface area contributed by atoms with Gasteiger partial charge in [0.15, 0.2) is 0 Å². The van der Waals surface area contributed by atoms with E-state index in [2.05, 4.69) is 28.1 Å². The Morgan fingerprint density at radius 1 is 0.880 bits per heavy atom. The van der Waals surface area contributed by atoms with Gasteiger partial charge in [-0.25, -0.2) is 0 Å². The number of hydrogen-bond donors (Lipinski definition) is 3. The Morgan fingerprint density at radius 3 is 2.32 bits per heavy atom. The maximum Gasteiger partial charge on any atom is 0.225 e. The molecule has 0 fully saturated rings. The molecule has 5 heteroatoms. The smallest absolute Gasteiger partial charge is 0.225 e. The fraction of sp³-hybridized carbons (Fsp3) is 0.300. The number of carbonyl (C=O) groups excluding carboxylic acids is 2. The van der Waals surface area contributed by atoms with Crippen molar-refractivity contribution >= 4 is 23.2 Å². The van der Waals surface area contributed by atoms with Crippen molar-refractivity contribution < 1.29 is 9.59 Å². The van der Waals surface area contributed by atoms with Gasteiger partial charge < -0.3 is 16.0 Å². The van der Waals surface area contributed by atoms with Crippen LogP contribution in [0.3, 0.4) is 0 Å². The zero-order chi connectivity index (χ0) is 17.9. The summed E-state index contributed by atoms with van der Waals surface area (Å²) in [6.07, 6.45) is 2.50. The SMILES string of the molecule is CC(=O)Nc1cccc(NC(=O)CCNCCCc2ccccc2)c1. The number of rotatable bonds is 9. The molecule has 0 radical (unpaired) electrons. The molecular formula is C20H25N3O2. The van der Waals surface area contributed by atoms with E-state index in [-0.39, 0.29) is 11.8 Å². The first-order valence-corrected chi connectivity index (χ1v) is 8.55. The van der Waals surface area contributed by atoms with Gasteiger partial charge in [-0.3, -0.25) is 9.59 Å². The fourth-order valence-electron chi connectivity index (χ4n) is 2.49. The van der Waals surface area contributed by atoms with Crippen LogP contribution in [0.2, 0.25) is 0 Å². The Morgan fingerprint density at radius 2 is 1.60 bits per heavy atom.